The van der Waals surface area contributed by atoms with Gasteiger partial charge in [0, 0.05) is 26.2 Å². The molecule has 0 radical (unpaired) electrons. The summed E-state index contributed by atoms with van der Waals surface area (Å²) in [5.41, 5.74) is 2.01. The van der Waals surface area contributed by atoms with Crippen molar-refractivity contribution in [3.63, 3.8) is 0 Å². The van der Waals surface area contributed by atoms with Gasteiger partial charge >= 0.3 is 0 Å². The molecule has 4 nitrogen and oxygen atoms in total. The van der Waals surface area contributed by atoms with Crippen LogP contribution in [0.3, 0.4) is 0 Å². The van der Waals surface area contributed by atoms with Crippen molar-refractivity contribution in [3.05, 3.63) is 16.4 Å². The number of nitrogens with one attached hydrogen (secondary N) is 1. The summed E-state index contributed by atoms with van der Waals surface area (Å²) in [7, 11) is 1.94. The van der Waals surface area contributed by atoms with Crippen molar-refractivity contribution >= 4 is 11.6 Å². The van der Waals surface area contributed by atoms with Crippen LogP contribution in [0.15, 0.2) is 0 Å². The van der Waals surface area contributed by atoms with Gasteiger partial charge < -0.3 is 10.1 Å². The first-order chi connectivity index (χ1) is 9.01. The average molecular weight is 288 g/mol. The van der Waals surface area contributed by atoms with Crippen molar-refractivity contribution in [2.24, 2.45) is 13.0 Å². The van der Waals surface area contributed by atoms with Gasteiger partial charge in [0.25, 0.3) is 0 Å². The summed E-state index contributed by atoms with van der Waals surface area (Å²) in [6, 6.07) is 0.330. The molecule has 0 bridgehead atoms. The van der Waals surface area contributed by atoms with E-state index < -0.39 is 0 Å². The lowest BCUT2D eigenvalue weighted by molar-refractivity contribution is 0.107. The van der Waals surface area contributed by atoms with Crippen LogP contribution in [0.1, 0.15) is 39.1 Å². The second-order valence-electron chi connectivity index (χ2n) is 5.08. The van der Waals surface area contributed by atoms with Crippen LogP contribution in [-0.4, -0.2) is 29.0 Å². The predicted octanol–water partition coefficient (Wildman–Crippen LogP) is 2.79. The number of aromatic nitrogens is 2. The molecular weight excluding hydrogens is 262 g/mol. The first kappa shape index (κ1) is 16.5. The first-order valence-corrected chi connectivity index (χ1v) is 7.40. The summed E-state index contributed by atoms with van der Waals surface area (Å²) in [5, 5.41) is 8.73. The van der Waals surface area contributed by atoms with Gasteiger partial charge in [-0.15, -0.1) is 0 Å². The molecule has 1 heterocycles. The molecule has 0 fully saturated rings. The Morgan fingerprint density at radius 2 is 2.05 bits per heavy atom. The van der Waals surface area contributed by atoms with E-state index in [1.54, 1.807) is 0 Å². The molecule has 0 aromatic carbocycles. The summed E-state index contributed by atoms with van der Waals surface area (Å²) in [6.45, 7) is 10.7. The van der Waals surface area contributed by atoms with Crippen LogP contribution < -0.4 is 5.32 Å². The van der Waals surface area contributed by atoms with Gasteiger partial charge in [-0.3, -0.25) is 4.68 Å². The molecule has 1 unspecified atom stereocenters. The molecule has 110 valence electrons. The Bertz CT molecular complexity index is 390. The highest BCUT2D eigenvalue weighted by Crippen LogP contribution is 2.20. The maximum absolute atomic E-state index is 6.34. The molecule has 0 amide bonds. The molecule has 0 saturated heterocycles. The maximum Gasteiger partial charge on any atom is 0.0863 e. The summed E-state index contributed by atoms with van der Waals surface area (Å²) in [4.78, 5) is 0. The van der Waals surface area contributed by atoms with Crippen molar-refractivity contribution in [2.45, 2.75) is 46.7 Å². The molecule has 0 aliphatic heterocycles. The van der Waals surface area contributed by atoms with Crippen LogP contribution in [0.25, 0.3) is 0 Å². The fourth-order valence-corrected chi connectivity index (χ4v) is 2.33. The highest BCUT2D eigenvalue weighted by atomic mass is 35.5. The van der Waals surface area contributed by atoms with E-state index in [9.17, 15) is 0 Å². The van der Waals surface area contributed by atoms with E-state index in [0.29, 0.717) is 12.0 Å². The van der Waals surface area contributed by atoms with Gasteiger partial charge in [-0.05, 0) is 19.3 Å². The standard InChI is InChI=1S/C14H26ClN3O/c1-6-11-14(15)13(18(5)17-11)8-16-12(10(3)4)9-19-7-2/h10,12,16H,6-9H2,1-5H3. The van der Waals surface area contributed by atoms with E-state index in [2.05, 4.69) is 31.2 Å². The summed E-state index contributed by atoms with van der Waals surface area (Å²) in [6.07, 6.45) is 0.860. The number of hydrogen-bond acceptors (Lipinski definition) is 3. The van der Waals surface area contributed by atoms with Gasteiger partial charge in [-0.1, -0.05) is 32.4 Å². The van der Waals surface area contributed by atoms with E-state index in [1.807, 2.05) is 18.7 Å². The Morgan fingerprint density at radius 1 is 1.37 bits per heavy atom. The van der Waals surface area contributed by atoms with Gasteiger partial charge in [-0.2, -0.15) is 5.10 Å². The Hall–Kier alpha value is -0.580. The zero-order chi connectivity index (χ0) is 14.4. The van der Waals surface area contributed by atoms with Crippen LogP contribution in [0.2, 0.25) is 5.02 Å². The van der Waals surface area contributed by atoms with Crippen LogP contribution in [0.5, 0.6) is 0 Å². The highest BCUT2D eigenvalue weighted by Gasteiger charge is 2.17. The smallest absolute Gasteiger partial charge is 0.0863 e. The highest BCUT2D eigenvalue weighted by molar-refractivity contribution is 6.31. The quantitative estimate of drug-likeness (QED) is 0.799. The normalized spacial score (nSPS) is 13.2. The van der Waals surface area contributed by atoms with Gasteiger partial charge in [0.05, 0.1) is 23.0 Å². The Balaban J connectivity index is 2.66. The molecule has 1 aromatic rings. The number of ether oxygens (including phenoxy) is 1. The lowest BCUT2D eigenvalue weighted by Crippen LogP contribution is -2.38. The monoisotopic (exact) mass is 287 g/mol. The zero-order valence-electron chi connectivity index (χ0n) is 12.7. The Kier molecular flexibility index (Phi) is 6.83. The number of rotatable bonds is 8. The minimum atomic E-state index is 0.330. The molecule has 1 rings (SSSR count). The van der Waals surface area contributed by atoms with Crippen LogP contribution in [0.4, 0.5) is 0 Å². The molecule has 1 atom stereocenters. The molecular formula is C14H26ClN3O. The second kappa shape index (κ2) is 7.88. The molecule has 0 spiro atoms. The molecule has 1 aromatic heterocycles. The number of aryl methyl sites for hydroxylation is 2. The van der Waals surface area contributed by atoms with Crippen molar-refractivity contribution in [3.8, 4) is 0 Å². The van der Waals surface area contributed by atoms with Crippen molar-refractivity contribution in [1.29, 1.82) is 0 Å². The number of halogens is 1. The second-order valence-corrected chi connectivity index (χ2v) is 5.45. The SMILES string of the molecule is CCOCC(NCc1c(Cl)c(CC)nn1C)C(C)C. The van der Waals surface area contributed by atoms with E-state index in [4.69, 9.17) is 16.3 Å². The minimum Gasteiger partial charge on any atom is -0.380 e. The summed E-state index contributed by atoms with van der Waals surface area (Å²) >= 11 is 6.34. The van der Waals surface area contributed by atoms with Gasteiger partial charge in [0.2, 0.25) is 0 Å². The Morgan fingerprint density at radius 3 is 2.53 bits per heavy atom. The molecule has 0 aliphatic rings. The summed E-state index contributed by atoms with van der Waals surface area (Å²) < 4.78 is 7.38. The predicted molar refractivity (Wildman–Crippen MR) is 79.6 cm³/mol. The lowest BCUT2D eigenvalue weighted by Gasteiger charge is -2.22. The fourth-order valence-electron chi connectivity index (χ4n) is 1.97. The minimum absolute atomic E-state index is 0.330. The summed E-state index contributed by atoms with van der Waals surface area (Å²) in [5.74, 6) is 0.518. The average Bonchev–Trinajstić information content (AvgIpc) is 2.64. The van der Waals surface area contributed by atoms with E-state index in [-0.39, 0.29) is 0 Å². The molecule has 5 heteroatoms. The third-order valence-corrected chi connectivity index (χ3v) is 3.78. The maximum atomic E-state index is 6.34. The lowest BCUT2D eigenvalue weighted by atomic mass is 10.1. The number of hydrogen-bond donors (Lipinski definition) is 1. The molecule has 19 heavy (non-hydrogen) atoms. The van der Waals surface area contributed by atoms with E-state index in [0.717, 1.165) is 42.6 Å². The third kappa shape index (κ3) is 4.48. The van der Waals surface area contributed by atoms with Crippen LogP contribution in [-0.2, 0) is 24.8 Å². The van der Waals surface area contributed by atoms with Gasteiger partial charge in [0.15, 0.2) is 0 Å². The molecule has 0 aliphatic carbocycles. The van der Waals surface area contributed by atoms with Gasteiger partial charge in [0.1, 0.15) is 0 Å². The Labute approximate surface area is 121 Å². The topological polar surface area (TPSA) is 39.1 Å². The largest absolute Gasteiger partial charge is 0.380 e. The number of nitrogens with zero attached hydrogens (tertiary/aromatic N) is 2. The third-order valence-electron chi connectivity index (χ3n) is 3.34. The zero-order valence-corrected chi connectivity index (χ0v) is 13.4. The van der Waals surface area contributed by atoms with Crippen molar-refractivity contribution < 1.29 is 4.74 Å². The van der Waals surface area contributed by atoms with Crippen molar-refractivity contribution in [1.82, 2.24) is 15.1 Å². The van der Waals surface area contributed by atoms with Crippen LogP contribution in [0, 0.1) is 5.92 Å². The molecule has 1 N–H and O–H groups in total. The van der Waals surface area contributed by atoms with E-state index in [1.165, 1.54) is 0 Å². The van der Waals surface area contributed by atoms with Crippen molar-refractivity contribution in [2.75, 3.05) is 13.2 Å². The first-order valence-electron chi connectivity index (χ1n) is 7.02. The van der Waals surface area contributed by atoms with E-state index >= 15 is 0 Å². The fraction of sp³-hybridized carbons (Fsp3) is 0.786. The van der Waals surface area contributed by atoms with Crippen LogP contribution >= 0.6 is 11.6 Å². The van der Waals surface area contributed by atoms with Gasteiger partial charge in [-0.25, -0.2) is 0 Å². The molecule has 0 saturated carbocycles.